The van der Waals surface area contributed by atoms with Crippen LogP contribution < -0.4 is 16.0 Å². The fourth-order valence-corrected chi connectivity index (χ4v) is 1.78. The number of nitrogens with zero attached hydrogens (tertiary/aromatic N) is 2. The molecule has 3 N–H and O–H groups in total. The maximum Gasteiger partial charge on any atom is 0.192 e. The van der Waals surface area contributed by atoms with Gasteiger partial charge in [-0.2, -0.15) is 0 Å². The number of ether oxygens (including phenoxy) is 1. The van der Waals surface area contributed by atoms with Crippen LogP contribution in [0.2, 0.25) is 0 Å². The van der Waals surface area contributed by atoms with Gasteiger partial charge in [0.15, 0.2) is 5.96 Å². The predicted molar refractivity (Wildman–Crippen MR) is 70.6 cm³/mol. The van der Waals surface area contributed by atoms with Crippen LogP contribution in [0.5, 0.6) is 0 Å². The Bertz CT molecular complexity index is 382. The molecule has 1 aromatic carbocycles. The molecule has 0 aromatic heterocycles. The fourth-order valence-electron chi connectivity index (χ4n) is 1.78. The number of nitrogens with one attached hydrogen (secondary N) is 1. The van der Waals surface area contributed by atoms with Gasteiger partial charge in [-0.3, -0.25) is 4.99 Å². The first-order valence-corrected chi connectivity index (χ1v) is 5.71. The average Bonchev–Trinajstić information content (AvgIpc) is 2.40. The number of anilines is 2. The molecule has 1 heterocycles. The lowest BCUT2D eigenvalue weighted by Crippen LogP contribution is -2.36. The minimum Gasteiger partial charge on any atom is -0.378 e. The highest BCUT2D eigenvalue weighted by molar-refractivity contribution is 5.92. The van der Waals surface area contributed by atoms with Crippen molar-refractivity contribution in [3.63, 3.8) is 0 Å². The average molecular weight is 234 g/mol. The summed E-state index contributed by atoms with van der Waals surface area (Å²) >= 11 is 0. The molecule has 0 spiro atoms. The number of hydrogen-bond donors (Lipinski definition) is 2. The van der Waals surface area contributed by atoms with Crippen LogP contribution in [0.25, 0.3) is 0 Å². The number of nitrogens with two attached hydrogens (primary N) is 1. The van der Waals surface area contributed by atoms with Crippen molar-refractivity contribution in [2.24, 2.45) is 10.7 Å². The van der Waals surface area contributed by atoms with E-state index in [0.717, 1.165) is 32.0 Å². The number of morpholine rings is 1. The molecule has 1 aromatic rings. The monoisotopic (exact) mass is 234 g/mol. The Morgan fingerprint density at radius 1 is 1.29 bits per heavy atom. The molecule has 5 nitrogen and oxygen atoms in total. The lowest BCUT2D eigenvalue weighted by molar-refractivity contribution is 0.122. The Morgan fingerprint density at radius 3 is 2.53 bits per heavy atom. The van der Waals surface area contributed by atoms with E-state index in [4.69, 9.17) is 10.5 Å². The first-order chi connectivity index (χ1) is 8.29. The topological polar surface area (TPSA) is 62.9 Å². The number of guanidine groups is 1. The van der Waals surface area contributed by atoms with E-state index in [-0.39, 0.29) is 0 Å². The van der Waals surface area contributed by atoms with Crippen LogP contribution in [0.3, 0.4) is 0 Å². The largest absolute Gasteiger partial charge is 0.378 e. The number of hydrogen-bond acceptors (Lipinski definition) is 3. The lowest BCUT2D eigenvalue weighted by atomic mass is 10.2. The second kappa shape index (κ2) is 5.54. The van der Waals surface area contributed by atoms with Gasteiger partial charge in [-0.25, -0.2) is 0 Å². The van der Waals surface area contributed by atoms with Gasteiger partial charge in [0.25, 0.3) is 0 Å². The Labute approximate surface area is 101 Å². The quantitative estimate of drug-likeness (QED) is 0.589. The molecule has 0 radical (unpaired) electrons. The van der Waals surface area contributed by atoms with Gasteiger partial charge in [0, 0.05) is 31.5 Å². The van der Waals surface area contributed by atoms with Gasteiger partial charge < -0.3 is 20.7 Å². The molecule has 0 atom stereocenters. The minimum atomic E-state index is 0.420. The van der Waals surface area contributed by atoms with E-state index >= 15 is 0 Å². The normalized spacial score (nSPS) is 17.0. The highest BCUT2D eigenvalue weighted by Gasteiger charge is 2.10. The molecule has 1 fully saturated rings. The van der Waals surface area contributed by atoms with Crippen molar-refractivity contribution in [3.8, 4) is 0 Å². The van der Waals surface area contributed by atoms with Crippen LogP contribution in [0.4, 0.5) is 11.4 Å². The zero-order valence-electron chi connectivity index (χ0n) is 10.0. The van der Waals surface area contributed by atoms with Crippen molar-refractivity contribution in [3.05, 3.63) is 24.3 Å². The second-order valence-corrected chi connectivity index (χ2v) is 3.88. The molecular formula is C12H18N4O. The first kappa shape index (κ1) is 11.7. The number of aliphatic imine (C=N–C) groups is 1. The van der Waals surface area contributed by atoms with Gasteiger partial charge in [0.2, 0.25) is 0 Å². The summed E-state index contributed by atoms with van der Waals surface area (Å²) in [5.74, 6) is 0.420. The molecule has 1 aliphatic heterocycles. The second-order valence-electron chi connectivity index (χ2n) is 3.88. The molecule has 5 heteroatoms. The summed E-state index contributed by atoms with van der Waals surface area (Å²) in [5, 5.41) is 3.01. The van der Waals surface area contributed by atoms with Gasteiger partial charge in [-0.05, 0) is 24.3 Å². The third-order valence-electron chi connectivity index (χ3n) is 2.76. The van der Waals surface area contributed by atoms with E-state index in [0.29, 0.717) is 5.96 Å². The summed E-state index contributed by atoms with van der Waals surface area (Å²) in [7, 11) is 1.66. The third kappa shape index (κ3) is 3.10. The lowest BCUT2D eigenvalue weighted by Gasteiger charge is -2.28. The van der Waals surface area contributed by atoms with Crippen LogP contribution in [-0.2, 0) is 4.74 Å². The summed E-state index contributed by atoms with van der Waals surface area (Å²) in [6.45, 7) is 3.50. The van der Waals surface area contributed by atoms with Crippen LogP contribution in [0.15, 0.2) is 29.3 Å². The van der Waals surface area contributed by atoms with Crippen molar-refractivity contribution in [2.75, 3.05) is 43.6 Å². The smallest absolute Gasteiger partial charge is 0.192 e. The zero-order chi connectivity index (χ0) is 12.1. The van der Waals surface area contributed by atoms with Gasteiger partial charge in [0.05, 0.1) is 13.2 Å². The van der Waals surface area contributed by atoms with Crippen LogP contribution in [-0.4, -0.2) is 39.3 Å². The van der Waals surface area contributed by atoms with Gasteiger partial charge in [0.1, 0.15) is 0 Å². The summed E-state index contributed by atoms with van der Waals surface area (Å²) in [6.07, 6.45) is 0. The van der Waals surface area contributed by atoms with Crippen LogP contribution in [0.1, 0.15) is 0 Å². The summed E-state index contributed by atoms with van der Waals surface area (Å²) < 4.78 is 5.33. The van der Waals surface area contributed by atoms with Crippen molar-refractivity contribution in [1.29, 1.82) is 0 Å². The number of rotatable bonds is 2. The Hall–Kier alpha value is -1.75. The standard InChI is InChI=1S/C12H18N4O/c1-14-12(13)15-10-2-4-11(5-3-10)16-6-8-17-9-7-16/h2-5H,6-9H2,1H3,(H3,13,14,15). The molecule has 1 aliphatic rings. The predicted octanol–water partition coefficient (Wildman–Crippen LogP) is 0.880. The van der Waals surface area contributed by atoms with Gasteiger partial charge in [-0.1, -0.05) is 0 Å². The molecule has 0 bridgehead atoms. The molecule has 0 unspecified atom stereocenters. The molecular weight excluding hydrogens is 216 g/mol. The highest BCUT2D eigenvalue weighted by atomic mass is 16.5. The van der Waals surface area contributed by atoms with Crippen molar-refractivity contribution >= 4 is 17.3 Å². The Balaban J connectivity index is 2.01. The molecule has 0 saturated carbocycles. The third-order valence-corrected chi connectivity index (χ3v) is 2.76. The fraction of sp³-hybridized carbons (Fsp3) is 0.417. The minimum absolute atomic E-state index is 0.420. The van der Waals surface area contributed by atoms with Crippen molar-refractivity contribution < 1.29 is 4.74 Å². The maximum atomic E-state index is 5.60. The van der Waals surface area contributed by atoms with E-state index < -0.39 is 0 Å². The molecule has 17 heavy (non-hydrogen) atoms. The first-order valence-electron chi connectivity index (χ1n) is 5.71. The van der Waals surface area contributed by atoms with E-state index in [1.807, 2.05) is 12.1 Å². The zero-order valence-corrected chi connectivity index (χ0v) is 10.0. The maximum absolute atomic E-state index is 5.60. The van der Waals surface area contributed by atoms with Crippen LogP contribution in [0, 0.1) is 0 Å². The molecule has 92 valence electrons. The van der Waals surface area contributed by atoms with Crippen LogP contribution >= 0.6 is 0 Å². The van der Waals surface area contributed by atoms with E-state index in [1.54, 1.807) is 7.05 Å². The molecule has 0 aliphatic carbocycles. The molecule has 2 rings (SSSR count). The van der Waals surface area contributed by atoms with Gasteiger partial charge in [-0.15, -0.1) is 0 Å². The van der Waals surface area contributed by atoms with Crippen molar-refractivity contribution in [2.45, 2.75) is 0 Å². The molecule has 0 amide bonds. The molecule has 1 saturated heterocycles. The van der Waals surface area contributed by atoms with Gasteiger partial charge >= 0.3 is 0 Å². The van der Waals surface area contributed by atoms with Crippen molar-refractivity contribution in [1.82, 2.24) is 0 Å². The summed E-state index contributed by atoms with van der Waals surface area (Å²) in [5.41, 5.74) is 7.76. The summed E-state index contributed by atoms with van der Waals surface area (Å²) in [6, 6.07) is 8.17. The number of benzene rings is 1. The highest BCUT2D eigenvalue weighted by Crippen LogP contribution is 2.18. The Kier molecular flexibility index (Phi) is 3.82. The van der Waals surface area contributed by atoms with E-state index in [1.165, 1.54) is 5.69 Å². The van der Waals surface area contributed by atoms with E-state index in [2.05, 4.69) is 27.3 Å². The summed E-state index contributed by atoms with van der Waals surface area (Å²) in [4.78, 5) is 6.16. The van der Waals surface area contributed by atoms with E-state index in [9.17, 15) is 0 Å². The SMILES string of the molecule is C/N=C(/N)Nc1ccc(N2CCOCC2)cc1. The Morgan fingerprint density at radius 2 is 1.94 bits per heavy atom.